The number of halogens is 2. The fourth-order valence-electron chi connectivity index (χ4n) is 1.24. The summed E-state index contributed by atoms with van der Waals surface area (Å²) in [7, 11) is 0. The molecule has 16 heavy (non-hydrogen) atoms. The first-order valence-electron chi connectivity index (χ1n) is 5.07. The van der Waals surface area contributed by atoms with Gasteiger partial charge in [0.25, 0.3) is 0 Å². The third kappa shape index (κ3) is 3.87. The molecule has 0 unspecified atom stereocenters. The van der Waals surface area contributed by atoms with Crippen molar-refractivity contribution in [3.05, 3.63) is 22.2 Å². The van der Waals surface area contributed by atoms with E-state index < -0.39 is 0 Å². The van der Waals surface area contributed by atoms with E-state index in [1.54, 1.807) is 0 Å². The average molecular weight is 265 g/mol. The van der Waals surface area contributed by atoms with Crippen molar-refractivity contribution in [2.45, 2.75) is 26.6 Å². The molecular formula is C10H14Cl2N2O2. The highest BCUT2D eigenvalue weighted by atomic mass is 35.5. The molecule has 0 aliphatic carbocycles. The Hall–Kier alpha value is -0.420. The first kappa shape index (κ1) is 13.6. The van der Waals surface area contributed by atoms with Gasteiger partial charge in [0.2, 0.25) is 0 Å². The number of aromatic nitrogens is 2. The van der Waals surface area contributed by atoms with Crippen molar-refractivity contribution in [3.8, 4) is 0 Å². The predicted molar refractivity (Wildman–Crippen MR) is 62.8 cm³/mol. The lowest BCUT2D eigenvalue weighted by atomic mass is 10.2. The highest BCUT2D eigenvalue weighted by Gasteiger charge is 2.15. The van der Waals surface area contributed by atoms with Crippen LogP contribution in [-0.4, -0.2) is 29.5 Å². The zero-order valence-electron chi connectivity index (χ0n) is 9.24. The molecule has 0 radical (unpaired) electrons. The Balaban J connectivity index is 2.76. The zero-order valence-corrected chi connectivity index (χ0v) is 10.8. The van der Waals surface area contributed by atoms with Gasteiger partial charge in [0.15, 0.2) is 6.29 Å². The second-order valence-corrected chi connectivity index (χ2v) is 3.69. The first-order chi connectivity index (χ1) is 7.69. The van der Waals surface area contributed by atoms with Gasteiger partial charge in [-0.3, -0.25) is 0 Å². The fourth-order valence-corrected chi connectivity index (χ4v) is 1.71. The van der Waals surface area contributed by atoms with E-state index in [1.165, 1.54) is 6.33 Å². The maximum atomic E-state index is 5.93. The number of ether oxygens (including phenoxy) is 2. The van der Waals surface area contributed by atoms with E-state index in [-0.39, 0.29) is 6.29 Å². The standard InChI is InChI=1S/C10H14Cl2N2O2/c1-3-15-8(16-4-2)5-7-9(11)13-6-14-10(7)12/h6,8H,3-5H2,1-2H3. The number of hydrogen-bond acceptors (Lipinski definition) is 4. The lowest BCUT2D eigenvalue weighted by Crippen LogP contribution is -2.20. The molecule has 0 aromatic carbocycles. The van der Waals surface area contributed by atoms with E-state index in [0.29, 0.717) is 35.5 Å². The highest BCUT2D eigenvalue weighted by Crippen LogP contribution is 2.22. The van der Waals surface area contributed by atoms with Gasteiger partial charge in [0.1, 0.15) is 16.6 Å². The number of nitrogens with zero attached hydrogens (tertiary/aromatic N) is 2. The van der Waals surface area contributed by atoms with Gasteiger partial charge in [0.05, 0.1) is 0 Å². The lowest BCUT2D eigenvalue weighted by molar-refractivity contribution is -0.134. The molecule has 0 spiro atoms. The summed E-state index contributed by atoms with van der Waals surface area (Å²) < 4.78 is 10.8. The molecule has 0 atom stereocenters. The summed E-state index contributed by atoms with van der Waals surface area (Å²) in [4.78, 5) is 7.74. The second-order valence-electron chi connectivity index (χ2n) is 2.98. The minimum absolute atomic E-state index is 0.337. The lowest BCUT2D eigenvalue weighted by Gasteiger charge is -2.17. The average Bonchev–Trinajstić information content (AvgIpc) is 2.24. The molecule has 0 aliphatic heterocycles. The number of rotatable bonds is 6. The largest absolute Gasteiger partial charge is 0.353 e. The maximum absolute atomic E-state index is 5.93. The van der Waals surface area contributed by atoms with Gasteiger partial charge < -0.3 is 9.47 Å². The van der Waals surface area contributed by atoms with Gasteiger partial charge in [-0.25, -0.2) is 9.97 Å². The third-order valence-corrected chi connectivity index (χ3v) is 2.57. The summed E-state index contributed by atoms with van der Waals surface area (Å²) in [5.41, 5.74) is 0.651. The molecule has 90 valence electrons. The summed E-state index contributed by atoms with van der Waals surface area (Å²) in [6.07, 6.45) is 1.40. The Morgan fingerprint density at radius 2 is 1.62 bits per heavy atom. The topological polar surface area (TPSA) is 44.2 Å². The molecule has 0 fully saturated rings. The van der Waals surface area contributed by atoms with E-state index in [4.69, 9.17) is 32.7 Å². The Bertz CT molecular complexity index is 310. The van der Waals surface area contributed by atoms with Gasteiger partial charge >= 0.3 is 0 Å². The SMILES string of the molecule is CCOC(Cc1c(Cl)ncnc1Cl)OCC. The molecule has 0 saturated heterocycles. The fraction of sp³-hybridized carbons (Fsp3) is 0.600. The van der Waals surface area contributed by atoms with Crippen LogP contribution in [0.1, 0.15) is 19.4 Å². The minimum Gasteiger partial charge on any atom is -0.353 e. The van der Waals surface area contributed by atoms with Crippen molar-refractivity contribution in [1.29, 1.82) is 0 Å². The summed E-state index contributed by atoms with van der Waals surface area (Å²) in [5, 5.41) is 0.675. The Morgan fingerprint density at radius 3 is 2.06 bits per heavy atom. The zero-order chi connectivity index (χ0) is 12.0. The van der Waals surface area contributed by atoms with E-state index >= 15 is 0 Å². The molecule has 0 N–H and O–H groups in total. The third-order valence-electron chi connectivity index (χ3n) is 1.92. The van der Waals surface area contributed by atoms with Crippen molar-refractivity contribution < 1.29 is 9.47 Å². The van der Waals surface area contributed by atoms with Crippen molar-refractivity contribution in [1.82, 2.24) is 9.97 Å². The molecule has 1 rings (SSSR count). The number of hydrogen-bond donors (Lipinski definition) is 0. The minimum atomic E-state index is -0.365. The van der Waals surface area contributed by atoms with E-state index in [2.05, 4.69) is 9.97 Å². The first-order valence-corrected chi connectivity index (χ1v) is 5.82. The Kier molecular flexibility index (Phi) is 5.98. The van der Waals surface area contributed by atoms with Gasteiger partial charge in [-0.2, -0.15) is 0 Å². The Labute approximate surface area is 105 Å². The molecule has 6 heteroatoms. The van der Waals surface area contributed by atoms with Crippen LogP contribution in [0.25, 0.3) is 0 Å². The highest BCUT2D eigenvalue weighted by molar-refractivity contribution is 6.34. The molecule has 0 amide bonds. The molecule has 1 aromatic rings. The van der Waals surface area contributed by atoms with Crippen molar-refractivity contribution in [2.75, 3.05) is 13.2 Å². The van der Waals surface area contributed by atoms with Crippen LogP contribution in [0.4, 0.5) is 0 Å². The van der Waals surface area contributed by atoms with Gasteiger partial charge in [-0.05, 0) is 13.8 Å². The molecule has 1 aromatic heterocycles. The summed E-state index contributed by atoms with van der Waals surface area (Å²) >= 11 is 11.9. The summed E-state index contributed by atoms with van der Waals surface area (Å²) in [6, 6.07) is 0. The monoisotopic (exact) mass is 264 g/mol. The van der Waals surface area contributed by atoms with E-state index in [0.717, 1.165) is 0 Å². The van der Waals surface area contributed by atoms with Crippen molar-refractivity contribution in [2.24, 2.45) is 0 Å². The molecule has 1 heterocycles. The van der Waals surface area contributed by atoms with Crippen LogP contribution in [0.15, 0.2) is 6.33 Å². The van der Waals surface area contributed by atoms with E-state index in [9.17, 15) is 0 Å². The smallest absolute Gasteiger partial charge is 0.161 e. The second kappa shape index (κ2) is 7.01. The Morgan fingerprint density at radius 1 is 1.12 bits per heavy atom. The summed E-state index contributed by atoms with van der Waals surface area (Å²) in [5.74, 6) is 0. The van der Waals surface area contributed by atoms with Gasteiger partial charge in [-0.15, -0.1) is 0 Å². The normalized spacial score (nSPS) is 11.1. The van der Waals surface area contributed by atoms with Crippen LogP contribution in [0.2, 0.25) is 10.3 Å². The quantitative estimate of drug-likeness (QED) is 0.586. The van der Waals surface area contributed by atoms with Crippen molar-refractivity contribution >= 4 is 23.2 Å². The molecule has 0 bridgehead atoms. The van der Waals surface area contributed by atoms with Crippen LogP contribution in [0.3, 0.4) is 0 Å². The van der Waals surface area contributed by atoms with Crippen LogP contribution in [0.5, 0.6) is 0 Å². The van der Waals surface area contributed by atoms with Crippen LogP contribution >= 0.6 is 23.2 Å². The van der Waals surface area contributed by atoms with Gasteiger partial charge in [0, 0.05) is 25.2 Å². The van der Waals surface area contributed by atoms with Crippen molar-refractivity contribution in [3.63, 3.8) is 0 Å². The maximum Gasteiger partial charge on any atom is 0.161 e. The molecule has 4 nitrogen and oxygen atoms in total. The van der Waals surface area contributed by atoms with Crippen LogP contribution < -0.4 is 0 Å². The predicted octanol–water partition coefficient (Wildman–Crippen LogP) is 2.73. The molecular weight excluding hydrogens is 251 g/mol. The van der Waals surface area contributed by atoms with E-state index in [1.807, 2.05) is 13.8 Å². The summed E-state index contributed by atoms with van der Waals surface area (Å²) in [6.45, 7) is 4.93. The van der Waals surface area contributed by atoms with Gasteiger partial charge in [-0.1, -0.05) is 23.2 Å². The van der Waals surface area contributed by atoms with Crippen LogP contribution in [-0.2, 0) is 15.9 Å². The van der Waals surface area contributed by atoms with Crippen LogP contribution in [0, 0.1) is 0 Å². The molecule has 0 saturated carbocycles. The molecule has 0 aliphatic rings.